The van der Waals surface area contributed by atoms with Crippen LogP contribution in [0.5, 0.6) is 0 Å². The molecule has 0 saturated heterocycles. The Bertz CT molecular complexity index is 1140. The van der Waals surface area contributed by atoms with Gasteiger partial charge in [-0.05, 0) is 37.6 Å². The molecule has 0 atom stereocenters. The molecule has 1 amide bonds. The molecule has 0 aliphatic heterocycles. The molecular formula is C26H36N2O7S2. The van der Waals surface area contributed by atoms with Crippen molar-refractivity contribution in [2.45, 2.75) is 83.0 Å². The minimum Gasteiger partial charge on any atom is -0.462 e. The predicted molar refractivity (Wildman–Crippen MR) is 145 cm³/mol. The molecule has 0 aliphatic rings. The van der Waals surface area contributed by atoms with Gasteiger partial charge in [-0.3, -0.25) is 14.9 Å². The number of thiophene rings is 1. The molecule has 1 N–H and O–H groups in total. The second kappa shape index (κ2) is 15.5. The molecule has 2 aromatic rings. The molecule has 9 nitrogen and oxygen atoms in total. The van der Waals surface area contributed by atoms with Crippen LogP contribution < -0.4 is 5.32 Å². The third kappa shape index (κ3) is 9.88. The summed E-state index contributed by atoms with van der Waals surface area (Å²) in [5, 5.41) is 13.7. The molecule has 0 spiro atoms. The number of nitrogens with zero attached hydrogens (tertiary/aromatic N) is 1. The molecule has 0 saturated carbocycles. The predicted octanol–water partition coefficient (Wildman–Crippen LogP) is 6.78. The minimum absolute atomic E-state index is 0.00253. The number of carbonyl (C=O) groups is 2. The highest BCUT2D eigenvalue weighted by Crippen LogP contribution is 2.35. The molecule has 1 heterocycles. The number of sulfone groups is 1. The maximum absolute atomic E-state index is 12.7. The molecular weight excluding hydrogens is 516 g/mol. The van der Waals surface area contributed by atoms with Crippen molar-refractivity contribution in [3.05, 3.63) is 50.9 Å². The average Bonchev–Trinajstić information content (AvgIpc) is 3.29. The number of benzene rings is 1. The number of hydrogen-bond acceptors (Lipinski definition) is 8. The van der Waals surface area contributed by atoms with Crippen molar-refractivity contribution < 1.29 is 27.7 Å². The lowest BCUT2D eigenvalue weighted by atomic mass is 10.1. The topological polar surface area (TPSA) is 133 Å². The summed E-state index contributed by atoms with van der Waals surface area (Å²) < 4.78 is 30.2. The van der Waals surface area contributed by atoms with E-state index in [-0.39, 0.29) is 32.7 Å². The second-order valence-electron chi connectivity index (χ2n) is 8.78. The van der Waals surface area contributed by atoms with Crippen LogP contribution in [0, 0.1) is 10.1 Å². The lowest BCUT2D eigenvalue weighted by Crippen LogP contribution is -2.12. The van der Waals surface area contributed by atoms with Crippen molar-refractivity contribution >= 4 is 43.7 Å². The van der Waals surface area contributed by atoms with Crippen LogP contribution >= 0.6 is 11.3 Å². The number of hydrogen-bond donors (Lipinski definition) is 1. The van der Waals surface area contributed by atoms with Gasteiger partial charge in [0.25, 0.3) is 5.91 Å². The number of rotatable bonds is 17. The Morgan fingerprint density at radius 3 is 2.05 bits per heavy atom. The van der Waals surface area contributed by atoms with E-state index in [0.29, 0.717) is 6.42 Å². The van der Waals surface area contributed by atoms with Gasteiger partial charge in [0.15, 0.2) is 14.8 Å². The maximum Gasteiger partial charge on any atom is 0.348 e. The van der Waals surface area contributed by atoms with Crippen molar-refractivity contribution in [1.29, 1.82) is 0 Å². The van der Waals surface area contributed by atoms with Gasteiger partial charge >= 0.3 is 11.7 Å². The van der Waals surface area contributed by atoms with Crippen LogP contribution in [0.4, 0.5) is 10.7 Å². The summed E-state index contributed by atoms with van der Waals surface area (Å²) in [6.07, 6.45) is 11.1. The standard InChI is InChI=1S/C26H36N2O7S2/c1-3-5-6-7-8-9-10-11-12-13-18-37(33,34)21-16-14-20(15-17-21)24(29)27-25-22(28(31)32)19-23(36-25)26(30)35-4-2/h14-17,19H,3-13,18H2,1-2H3,(H,27,29). The largest absolute Gasteiger partial charge is 0.462 e. The molecule has 1 aromatic carbocycles. The van der Waals surface area contributed by atoms with Crippen LogP contribution in [0.15, 0.2) is 35.2 Å². The third-order valence-electron chi connectivity index (χ3n) is 5.86. The van der Waals surface area contributed by atoms with Crippen molar-refractivity contribution in [2.24, 2.45) is 0 Å². The van der Waals surface area contributed by atoms with Gasteiger partial charge in [0.2, 0.25) is 0 Å². The number of anilines is 1. The monoisotopic (exact) mass is 552 g/mol. The molecule has 1 aromatic heterocycles. The van der Waals surface area contributed by atoms with E-state index in [0.717, 1.165) is 36.7 Å². The minimum atomic E-state index is -3.47. The molecule has 0 fully saturated rings. The van der Waals surface area contributed by atoms with E-state index in [1.165, 1.54) is 62.8 Å². The van der Waals surface area contributed by atoms with E-state index in [1.807, 2.05) is 0 Å². The van der Waals surface area contributed by atoms with Crippen molar-refractivity contribution in [2.75, 3.05) is 17.7 Å². The first kappa shape index (κ1) is 30.4. The first-order valence-corrected chi connectivity index (χ1v) is 15.3. The third-order valence-corrected chi connectivity index (χ3v) is 8.69. The van der Waals surface area contributed by atoms with Crippen LogP contribution in [0.3, 0.4) is 0 Å². The van der Waals surface area contributed by atoms with E-state index >= 15 is 0 Å². The van der Waals surface area contributed by atoms with Gasteiger partial charge in [0.05, 0.1) is 22.2 Å². The molecule has 0 aliphatic carbocycles. The van der Waals surface area contributed by atoms with Crippen LogP contribution in [-0.2, 0) is 14.6 Å². The van der Waals surface area contributed by atoms with Gasteiger partial charge in [0, 0.05) is 11.6 Å². The van der Waals surface area contributed by atoms with E-state index in [2.05, 4.69) is 12.2 Å². The highest BCUT2D eigenvalue weighted by molar-refractivity contribution is 7.91. The Labute approximate surface area is 222 Å². The molecule has 0 bridgehead atoms. The molecule has 2 rings (SSSR count). The van der Waals surface area contributed by atoms with Gasteiger partial charge in [-0.1, -0.05) is 64.7 Å². The van der Waals surface area contributed by atoms with Crippen LogP contribution in [0.2, 0.25) is 0 Å². The highest BCUT2D eigenvalue weighted by atomic mass is 32.2. The van der Waals surface area contributed by atoms with Gasteiger partial charge in [0.1, 0.15) is 4.88 Å². The summed E-state index contributed by atoms with van der Waals surface area (Å²) >= 11 is 0.742. The summed E-state index contributed by atoms with van der Waals surface area (Å²) in [6.45, 7) is 3.93. The van der Waals surface area contributed by atoms with Crippen LogP contribution in [-0.4, -0.2) is 37.6 Å². The number of esters is 1. The number of carbonyl (C=O) groups excluding carboxylic acids is 2. The normalized spacial score (nSPS) is 11.3. The van der Waals surface area contributed by atoms with Crippen molar-refractivity contribution in [3.63, 3.8) is 0 Å². The smallest absolute Gasteiger partial charge is 0.348 e. The Balaban J connectivity index is 1.88. The second-order valence-corrected chi connectivity index (χ2v) is 11.9. The molecule has 11 heteroatoms. The number of nitro groups is 1. The number of unbranched alkanes of at least 4 members (excludes halogenated alkanes) is 9. The van der Waals surface area contributed by atoms with Crippen molar-refractivity contribution in [1.82, 2.24) is 0 Å². The molecule has 0 unspecified atom stereocenters. The fourth-order valence-corrected chi connectivity index (χ4v) is 6.08. The molecule has 204 valence electrons. The van der Waals surface area contributed by atoms with Gasteiger partial charge in [-0.25, -0.2) is 13.2 Å². The number of ether oxygens (including phenoxy) is 1. The summed E-state index contributed by atoms with van der Waals surface area (Å²) in [6, 6.07) is 6.53. The zero-order valence-electron chi connectivity index (χ0n) is 21.5. The first-order valence-electron chi connectivity index (χ1n) is 12.8. The summed E-state index contributed by atoms with van der Waals surface area (Å²) in [5.74, 6) is -1.32. The average molecular weight is 553 g/mol. The van der Waals surface area contributed by atoms with E-state index in [4.69, 9.17) is 4.74 Å². The first-order chi connectivity index (χ1) is 17.7. The fraction of sp³-hybridized carbons (Fsp3) is 0.538. The SMILES string of the molecule is CCCCCCCCCCCCS(=O)(=O)c1ccc(C(=O)Nc2sc(C(=O)OCC)cc2[N+](=O)[O-])cc1. The lowest BCUT2D eigenvalue weighted by molar-refractivity contribution is -0.383. The maximum atomic E-state index is 12.7. The quantitative estimate of drug-likeness (QED) is 0.0989. The lowest BCUT2D eigenvalue weighted by Gasteiger charge is -2.07. The van der Waals surface area contributed by atoms with Crippen LogP contribution in [0.25, 0.3) is 0 Å². The van der Waals surface area contributed by atoms with Gasteiger partial charge in [-0.2, -0.15) is 0 Å². The van der Waals surface area contributed by atoms with Gasteiger partial charge in [-0.15, -0.1) is 11.3 Å². The fourth-order valence-electron chi connectivity index (χ4n) is 3.80. The van der Waals surface area contributed by atoms with Crippen LogP contribution in [0.1, 0.15) is 98.1 Å². The summed E-state index contributed by atoms with van der Waals surface area (Å²) in [7, 11) is -3.47. The zero-order chi connectivity index (χ0) is 27.3. The van der Waals surface area contributed by atoms with E-state index < -0.39 is 32.3 Å². The van der Waals surface area contributed by atoms with E-state index in [9.17, 15) is 28.1 Å². The van der Waals surface area contributed by atoms with Crippen molar-refractivity contribution in [3.8, 4) is 0 Å². The number of nitrogens with one attached hydrogen (secondary N) is 1. The van der Waals surface area contributed by atoms with Gasteiger partial charge < -0.3 is 10.1 Å². The number of amides is 1. The highest BCUT2D eigenvalue weighted by Gasteiger charge is 2.25. The molecule has 37 heavy (non-hydrogen) atoms. The summed E-state index contributed by atoms with van der Waals surface area (Å²) in [4.78, 5) is 35.3. The van der Waals surface area contributed by atoms with E-state index in [1.54, 1.807) is 6.92 Å². The Kier molecular flexibility index (Phi) is 12.7. The molecule has 0 radical (unpaired) electrons. The summed E-state index contributed by atoms with van der Waals surface area (Å²) in [5.41, 5.74) is -0.282. The zero-order valence-corrected chi connectivity index (χ0v) is 23.1. The Morgan fingerprint density at radius 2 is 1.51 bits per heavy atom. The Morgan fingerprint density at radius 1 is 0.946 bits per heavy atom. The Hall–Kier alpha value is -2.79.